The van der Waals surface area contributed by atoms with Gasteiger partial charge in [-0.15, -0.1) is 0 Å². The van der Waals surface area contributed by atoms with E-state index in [1.807, 2.05) is 0 Å². The van der Waals surface area contributed by atoms with E-state index in [1.54, 1.807) is 6.92 Å². The van der Waals surface area contributed by atoms with Crippen LogP contribution in [0.25, 0.3) is 0 Å². The van der Waals surface area contributed by atoms with Crippen LogP contribution in [0.3, 0.4) is 0 Å². The van der Waals surface area contributed by atoms with E-state index >= 15 is 0 Å². The molecule has 1 nitrogen and oxygen atoms in total. The third-order valence-electron chi connectivity index (χ3n) is 3.40. The standard InChI is InChI=1S/C12H22F3N/c1-9(8-12(13,14)15)16-10-4-6-11(2,3)7-5-10/h9-10,16H,4-8H2,1-3H3. The molecule has 0 spiro atoms. The van der Waals surface area contributed by atoms with Crippen molar-refractivity contribution >= 4 is 0 Å². The summed E-state index contributed by atoms with van der Waals surface area (Å²) in [4.78, 5) is 0. The summed E-state index contributed by atoms with van der Waals surface area (Å²) >= 11 is 0. The van der Waals surface area contributed by atoms with Gasteiger partial charge in [-0.25, -0.2) is 0 Å². The molecule has 4 heteroatoms. The third-order valence-corrected chi connectivity index (χ3v) is 3.40. The average Bonchev–Trinajstić information content (AvgIpc) is 2.05. The molecule has 0 radical (unpaired) electrons. The summed E-state index contributed by atoms with van der Waals surface area (Å²) < 4.78 is 36.4. The van der Waals surface area contributed by atoms with Crippen molar-refractivity contribution in [3.63, 3.8) is 0 Å². The van der Waals surface area contributed by atoms with Crippen LogP contribution in [0.5, 0.6) is 0 Å². The Morgan fingerprint density at radius 3 is 2.19 bits per heavy atom. The fourth-order valence-corrected chi connectivity index (χ4v) is 2.37. The van der Waals surface area contributed by atoms with Gasteiger partial charge in [0, 0.05) is 12.1 Å². The van der Waals surface area contributed by atoms with Gasteiger partial charge < -0.3 is 5.32 Å². The quantitative estimate of drug-likeness (QED) is 0.785. The molecule has 1 N–H and O–H groups in total. The summed E-state index contributed by atoms with van der Waals surface area (Å²) in [6.45, 7) is 6.07. The van der Waals surface area contributed by atoms with Crippen molar-refractivity contribution in [2.45, 2.75) is 71.1 Å². The van der Waals surface area contributed by atoms with Gasteiger partial charge in [-0.2, -0.15) is 13.2 Å². The zero-order valence-electron chi connectivity index (χ0n) is 10.3. The molecule has 0 amide bonds. The molecule has 0 aromatic heterocycles. The molecule has 1 saturated carbocycles. The van der Waals surface area contributed by atoms with Crippen LogP contribution in [0.2, 0.25) is 0 Å². The topological polar surface area (TPSA) is 12.0 Å². The first-order chi connectivity index (χ1) is 7.18. The predicted octanol–water partition coefficient (Wildman–Crippen LogP) is 3.89. The molecular formula is C12H22F3N. The Morgan fingerprint density at radius 1 is 1.25 bits per heavy atom. The maximum atomic E-state index is 12.1. The van der Waals surface area contributed by atoms with Crippen molar-refractivity contribution in [2.75, 3.05) is 0 Å². The molecule has 1 aliphatic carbocycles. The van der Waals surface area contributed by atoms with Crippen molar-refractivity contribution in [3.8, 4) is 0 Å². The summed E-state index contributed by atoms with van der Waals surface area (Å²) in [5.74, 6) is 0. The van der Waals surface area contributed by atoms with E-state index in [9.17, 15) is 13.2 Å². The van der Waals surface area contributed by atoms with Crippen molar-refractivity contribution in [1.82, 2.24) is 5.32 Å². The number of hydrogen-bond donors (Lipinski definition) is 1. The van der Waals surface area contributed by atoms with Crippen LogP contribution in [0.1, 0.15) is 52.9 Å². The minimum atomic E-state index is -4.06. The molecule has 0 aliphatic heterocycles. The van der Waals surface area contributed by atoms with E-state index in [0.29, 0.717) is 5.41 Å². The fourth-order valence-electron chi connectivity index (χ4n) is 2.37. The van der Waals surface area contributed by atoms with Crippen LogP contribution in [0.15, 0.2) is 0 Å². The van der Waals surface area contributed by atoms with E-state index < -0.39 is 18.6 Å². The molecule has 0 heterocycles. The summed E-state index contributed by atoms with van der Waals surface area (Å²) in [5, 5.41) is 3.09. The highest BCUT2D eigenvalue weighted by Crippen LogP contribution is 2.35. The van der Waals surface area contributed by atoms with Gasteiger partial charge in [-0.1, -0.05) is 13.8 Å². The number of nitrogens with one attached hydrogen (secondary N) is 1. The monoisotopic (exact) mass is 237 g/mol. The summed E-state index contributed by atoms with van der Waals surface area (Å²) in [6.07, 6.45) is -0.593. The molecule has 1 atom stereocenters. The molecular weight excluding hydrogens is 215 g/mol. The molecule has 0 aromatic carbocycles. The van der Waals surface area contributed by atoms with Crippen LogP contribution in [-0.2, 0) is 0 Å². The van der Waals surface area contributed by atoms with E-state index in [2.05, 4.69) is 19.2 Å². The molecule has 1 fully saturated rings. The smallest absolute Gasteiger partial charge is 0.311 e. The lowest BCUT2D eigenvalue weighted by atomic mass is 9.75. The Bertz CT molecular complexity index is 213. The predicted molar refractivity (Wildman–Crippen MR) is 59.3 cm³/mol. The molecule has 0 aromatic rings. The molecule has 1 rings (SSSR count). The third kappa shape index (κ3) is 5.19. The van der Waals surface area contributed by atoms with Crippen LogP contribution in [-0.4, -0.2) is 18.3 Å². The number of halogens is 3. The van der Waals surface area contributed by atoms with Crippen molar-refractivity contribution < 1.29 is 13.2 Å². The highest BCUT2D eigenvalue weighted by Gasteiger charge is 2.32. The van der Waals surface area contributed by atoms with Crippen LogP contribution >= 0.6 is 0 Å². The first-order valence-corrected chi connectivity index (χ1v) is 6.01. The Morgan fingerprint density at radius 2 is 1.75 bits per heavy atom. The van der Waals surface area contributed by atoms with Gasteiger partial charge in [0.1, 0.15) is 0 Å². The lowest BCUT2D eigenvalue weighted by Crippen LogP contribution is -2.42. The second kappa shape index (κ2) is 4.94. The van der Waals surface area contributed by atoms with Crippen LogP contribution in [0, 0.1) is 5.41 Å². The van der Waals surface area contributed by atoms with Crippen molar-refractivity contribution in [3.05, 3.63) is 0 Å². The highest BCUT2D eigenvalue weighted by molar-refractivity contribution is 4.83. The normalized spacial score (nSPS) is 24.4. The fraction of sp³-hybridized carbons (Fsp3) is 1.00. The number of alkyl halides is 3. The van der Waals surface area contributed by atoms with Gasteiger partial charge in [-0.3, -0.25) is 0 Å². The molecule has 1 aliphatic rings. The van der Waals surface area contributed by atoms with Crippen molar-refractivity contribution in [2.24, 2.45) is 5.41 Å². The van der Waals surface area contributed by atoms with Gasteiger partial charge in [0.15, 0.2) is 0 Å². The Labute approximate surface area is 95.8 Å². The zero-order chi connectivity index (χ0) is 12.4. The van der Waals surface area contributed by atoms with E-state index in [1.165, 1.54) is 0 Å². The number of hydrogen-bond acceptors (Lipinski definition) is 1. The molecule has 0 bridgehead atoms. The second-order valence-electron chi connectivity index (χ2n) is 5.83. The first kappa shape index (κ1) is 13.8. The van der Waals surface area contributed by atoms with Crippen LogP contribution < -0.4 is 5.32 Å². The molecule has 0 saturated heterocycles. The van der Waals surface area contributed by atoms with Gasteiger partial charge in [-0.05, 0) is 38.0 Å². The minimum absolute atomic E-state index is 0.269. The van der Waals surface area contributed by atoms with Gasteiger partial charge in [0.2, 0.25) is 0 Å². The SMILES string of the molecule is CC(CC(F)(F)F)NC1CCC(C)(C)CC1. The summed E-state index contributed by atoms with van der Waals surface area (Å²) in [6, 6.07) is -0.198. The first-order valence-electron chi connectivity index (χ1n) is 6.01. The molecule has 16 heavy (non-hydrogen) atoms. The van der Waals surface area contributed by atoms with E-state index in [-0.39, 0.29) is 6.04 Å². The van der Waals surface area contributed by atoms with E-state index in [0.717, 1.165) is 25.7 Å². The van der Waals surface area contributed by atoms with Crippen LogP contribution in [0.4, 0.5) is 13.2 Å². The minimum Gasteiger partial charge on any atom is -0.311 e. The Balaban J connectivity index is 2.28. The molecule has 96 valence electrons. The Hall–Kier alpha value is -0.250. The second-order valence-corrected chi connectivity index (χ2v) is 5.83. The number of rotatable bonds is 3. The van der Waals surface area contributed by atoms with Gasteiger partial charge in [0.05, 0.1) is 6.42 Å². The molecule has 1 unspecified atom stereocenters. The summed E-state index contributed by atoms with van der Waals surface area (Å²) in [5.41, 5.74) is 0.367. The maximum absolute atomic E-state index is 12.1. The Kier molecular flexibility index (Phi) is 4.27. The lowest BCUT2D eigenvalue weighted by molar-refractivity contribution is -0.139. The zero-order valence-corrected chi connectivity index (χ0v) is 10.3. The largest absolute Gasteiger partial charge is 0.390 e. The van der Waals surface area contributed by atoms with Gasteiger partial charge in [0.25, 0.3) is 0 Å². The summed E-state index contributed by atoms with van der Waals surface area (Å²) in [7, 11) is 0. The maximum Gasteiger partial charge on any atom is 0.390 e. The average molecular weight is 237 g/mol. The lowest BCUT2D eigenvalue weighted by Gasteiger charge is -2.36. The van der Waals surface area contributed by atoms with Gasteiger partial charge >= 0.3 is 6.18 Å². The van der Waals surface area contributed by atoms with Crippen molar-refractivity contribution in [1.29, 1.82) is 0 Å². The van der Waals surface area contributed by atoms with E-state index in [4.69, 9.17) is 0 Å². The highest BCUT2D eigenvalue weighted by atomic mass is 19.4.